The van der Waals surface area contributed by atoms with E-state index >= 15 is 0 Å². The molecule has 1 fully saturated rings. The van der Waals surface area contributed by atoms with Crippen molar-refractivity contribution in [2.75, 3.05) is 39.2 Å². The van der Waals surface area contributed by atoms with Crippen LogP contribution in [-0.4, -0.2) is 91.4 Å². The molecule has 0 saturated carbocycles. The van der Waals surface area contributed by atoms with E-state index in [1.54, 1.807) is 20.8 Å². The number of rotatable bonds is 12. The lowest BCUT2D eigenvalue weighted by Gasteiger charge is -2.26. The predicted molar refractivity (Wildman–Crippen MR) is 209 cm³/mol. The van der Waals surface area contributed by atoms with Crippen LogP contribution >= 0.6 is 0 Å². The fraction of sp³-hybridized carbons (Fsp3) is 0.625. The van der Waals surface area contributed by atoms with E-state index in [2.05, 4.69) is 74.7 Å². The van der Waals surface area contributed by atoms with Crippen LogP contribution in [-0.2, 0) is 24.5 Å². The molecule has 1 aliphatic heterocycles. The summed E-state index contributed by atoms with van der Waals surface area (Å²) in [6, 6.07) is 16.1. The van der Waals surface area contributed by atoms with Gasteiger partial charge in [-0.3, -0.25) is 13.9 Å². The summed E-state index contributed by atoms with van der Waals surface area (Å²) in [5.41, 5.74) is 1.93. The second-order valence-electron chi connectivity index (χ2n) is 16.0. The summed E-state index contributed by atoms with van der Waals surface area (Å²) in [4.78, 5) is 13.0. The average Bonchev–Trinajstić information content (AvgIpc) is 3.85. The molecule has 0 aromatic heterocycles. The summed E-state index contributed by atoms with van der Waals surface area (Å²) < 4.78 is 36.7. The average molecular weight is 737 g/mol. The summed E-state index contributed by atoms with van der Waals surface area (Å²) in [5.74, 6) is 1.46. The second-order valence-corrected chi connectivity index (χ2v) is 17.6. The third-order valence-electron chi connectivity index (χ3n) is 7.05. The fourth-order valence-electron chi connectivity index (χ4n) is 4.28. The number of carbonyl (C=O) groups is 1. The monoisotopic (exact) mass is 736 g/mol. The number of carbonyl (C=O) groups excluding carboxylic acids is 1. The molecule has 0 radical (unpaired) electrons. The molecule has 11 heteroatoms. The summed E-state index contributed by atoms with van der Waals surface area (Å²) in [6.07, 6.45) is 3.65. The molecule has 0 bridgehead atoms. The molecule has 0 aliphatic carbocycles. The van der Waals surface area contributed by atoms with E-state index in [9.17, 15) is 18.3 Å². The molecule has 1 heterocycles. The van der Waals surface area contributed by atoms with Gasteiger partial charge in [0.05, 0.1) is 25.1 Å². The first-order chi connectivity index (χ1) is 23.2. The van der Waals surface area contributed by atoms with Gasteiger partial charge in [-0.25, -0.2) is 0 Å². The fourth-order valence-corrected chi connectivity index (χ4v) is 5.19. The molecule has 1 amide bonds. The van der Waals surface area contributed by atoms with Crippen molar-refractivity contribution >= 4 is 16.0 Å². The van der Waals surface area contributed by atoms with Crippen molar-refractivity contribution < 1.29 is 37.1 Å². The summed E-state index contributed by atoms with van der Waals surface area (Å²) in [7, 11) is -3.28. The van der Waals surface area contributed by atoms with E-state index in [0.29, 0.717) is 11.3 Å². The summed E-state index contributed by atoms with van der Waals surface area (Å²) >= 11 is 0. The molecule has 292 valence electrons. The minimum Gasteiger partial charge on any atom is -0.494 e. The van der Waals surface area contributed by atoms with Crippen LogP contribution in [0.5, 0.6) is 11.5 Å². The van der Waals surface area contributed by atoms with Gasteiger partial charge < -0.3 is 25.0 Å². The van der Waals surface area contributed by atoms with Crippen molar-refractivity contribution in [1.29, 1.82) is 0 Å². The first-order valence-corrected chi connectivity index (χ1v) is 19.4. The number of aliphatic hydroxyl groups excluding tert-OH is 2. The van der Waals surface area contributed by atoms with Gasteiger partial charge in [-0.2, -0.15) is 8.42 Å². The highest BCUT2D eigenvalue weighted by molar-refractivity contribution is 7.86. The van der Waals surface area contributed by atoms with Crippen LogP contribution in [0.2, 0.25) is 0 Å². The molecule has 0 spiro atoms. The first kappa shape index (κ1) is 48.0. The molecular weight excluding hydrogens is 669 g/mol. The largest absolute Gasteiger partial charge is 0.494 e. The minimum atomic E-state index is -3.28. The van der Waals surface area contributed by atoms with Gasteiger partial charge in [0.15, 0.2) is 0 Å². The van der Waals surface area contributed by atoms with Crippen LogP contribution in [0, 0.1) is 0 Å². The zero-order valence-corrected chi connectivity index (χ0v) is 34.4. The Hall–Kier alpha value is -2.96. The molecule has 51 heavy (non-hydrogen) atoms. The van der Waals surface area contributed by atoms with Gasteiger partial charge in [0.2, 0.25) is 5.91 Å². The molecular formula is C40H68N2O8S. The molecule has 1 atom stereocenters. The van der Waals surface area contributed by atoms with Crippen molar-refractivity contribution in [3.63, 3.8) is 0 Å². The number of unbranched alkanes of at least 4 members (excludes halogenated alkanes) is 1. The number of ether oxygens (including phenoxy) is 2. The maximum atomic E-state index is 10.6. The third kappa shape index (κ3) is 24.0. The molecule has 1 saturated heterocycles. The normalized spacial score (nSPS) is 13.9. The van der Waals surface area contributed by atoms with Crippen molar-refractivity contribution in [3.05, 3.63) is 72.3 Å². The summed E-state index contributed by atoms with van der Waals surface area (Å²) in [6.45, 7) is 30.6. The molecule has 1 aliphatic rings. The lowest BCUT2D eigenvalue weighted by atomic mass is 9.78. The van der Waals surface area contributed by atoms with Crippen molar-refractivity contribution in [2.45, 2.75) is 124 Å². The molecule has 10 nitrogen and oxygen atoms in total. The standard InChI is InChI=1S/C22H30O4.C7H13NO.C6H13N.C5H12O3S/c1-4-5-14-25-20-10-6-17(7-11-20)22(2,3)18-8-12-21(13-9-18)26-16-19(24)15-23;1-5-6(9)8-7(2,3)4;1-6(2,3)7-4-5-7;1-5(2,3)8-9(4,6)7/h6-13,19,23-24H,4-5,14-16H2,1-3H3;5H,1H2,2-4H3,(H,8,9);4-5H2,1-3H3;1-4H3. The van der Waals surface area contributed by atoms with Gasteiger partial charge in [0, 0.05) is 29.6 Å². The summed E-state index contributed by atoms with van der Waals surface area (Å²) in [5, 5.41) is 20.9. The maximum Gasteiger partial charge on any atom is 0.264 e. The number of hydrogen-bond donors (Lipinski definition) is 3. The maximum absolute atomic E-state index is 10.6. The van der Waals surface area contributed by atoms with Gasteiger partial charge >= 0.3 is 0 Å². The number of nitrogens with one attached hydrogen (secondary N) is 1. The zero-order chi connectivity index (χ0) is 39.7. The van der Waals surface area contributed by atoms with Crippen LogP contribution in [0.3, 0.4) is 0 Å². The Labute approximate surface area is 309 Å². The van der Waals surface area contributed by atoms with Crippen LogP contribution < -0.4 is 14.8 Å². The lowest BCUT2D eigenvalue weighted by molar-refractivity contribution is -0.117. The van der Waals surface area contributed by atoms with Crippen molar-refractivity contribution in [1.82, 2.24) is 10.2 Å². The Morgan fingerprint density at radius 2 is 1.33 bits per heavy atom. The number of nitrogens with zero attached hydrogens (tertiary/aromatic N) is 1. The van der Waals surface area contributed by atoms with Crippen LogP contribution in [0.15, 0.2) is 61.2 Å². The molecule has 1 unspecified atom stereocenters. The Bertz CT molecular complexity index is 1380. The molecule has 2 aromatic rings. The molecule has 2 aromatic carbocycles. The first-order valence-electron chi connectivity index (χ1n) is 17.6. The highest BCUT2D eigenvalue weighted by atomic mass is 32.2. The molecule has 3 N–H and O–H groups in total. The Morgan fingerprint density at radius 1 is 0.882 bits per heavy atom. The van der Waals surface area contributed by atoms with Gasteiger partial charge in [-0.15, -0.1) is 0 Å². The number of amides is 1. The third-order valence-corrected chi connectivity index (χ3v) is 7.86. The number of hydrogen-bond acceptors (Lipinski definition) is 9. The van der Waals surface area contributed by atoms with E-state index in [4.69, 9.17) is 14.6 Å². The highest BCUT2D eigenvalue weighted by Gasteiger charge is 2.29. The van der Waals surface area contributed by atoms with E-state index in [1.807, 2.05) is 57.2 Å². The van der Waals surface area contributed by atoms with Gasteiger partial charge in [-0.05, 0) is 110 Å². The Balaban J connectivity index is 0.000000810. The SMILES string of the molecule is C=CC(=O)NC(C)(C)C.CC(C)(C)N1CC1.CC(C)(C)OS(C)(=O)=O.CCCCOc1ccc(C(C)(C)c2ccc(OCC(O)CO)cc2)cc1. The van der Waals surface area contributed by atoms with Crippen LogP contribution in [0.1, 0.15) is 107 Å². The highest BCUT2D eigenvalue weighted by Crippen LogP contribution is 2.33. The molecule has 3 rings (SSSR count). The zero-order valence-electron chi connectivity index (χ0n) is 33.6. The van der Waals surface area contributed by atoms with E-state index in [-0.39, 0.29) is 30.1 Å². The van der Waals surface area contributed by atoms with E-state index < -0.39 is 21.8 Å². The van der Waals surface area contributed by atoms with Gasteiger partial charge in [-0.1, -0.05) is 58.0 Å². The minimum absolute atomic E-state index is 0.0821. The quantitative estimate of drug-likeness (QED) is 0.0924. The van der Waals surface area contributed by atoms with Crippen LogP contribution in [0.25, 0.3) is 0 Å². The number of benzene rings is 2. The van der Waals surface area contributed by atoms with E-state index in [0.717, 1.165) is 31.5 Å². The predicted octanol–water partition coefficient (Wildman–Crippen LogP) is 6.87. The smallest absolute Gasteiger partial charge is 0.264 e. The Morgan fingerprint density at radius 3 is 1.59 bits per heavy atom. The van der Waals surface area contributed by atoms with E-state index in [1.165, 1.54) is 30.3 Å². The Kier molecular flexibility index (Phi) is 20.3. The van der Waals surface area contributed by atoms with Crippen molar-refractivity contribution in [3.8, 4) is 11.5 Å². The number of aliphatic hydroxyl groups is 2. The topological polar surface area (TPSA) is 134 Å². The van der Waals surface area contributed by atoms with Gasteiger partial charge in [0.25, 0.3) is 10.1 Å². The van der Waals surface area contributed by atoms with Crippen LogP contribution in [0.4, 0.5) is 0 Å². The lowest BCUT2D eigenvalue weighted by Crippen LogP contribution is -2.39. The van der Waals surface area contributed by atoms with Gasteiger partial charge in [0.1, 0.15) is 24.2 Å². The van der Waals surface area contributed by atoms with Crippen molar-refractivity contribution in [2.24, 2.45) is 0 Å². The second kappa shape index (κ2) is 21.5.